The molecule has 1 aliphatic heterocycles. The van der Waals surface area contributed by atoms with Crippen LogP contribution in [0, 0.1) is 0 Å². The summed E-state index contributed by atoms with van der Waals surface area (Å²) in [6.07, 6.45) is 3.54. The lowest BCUT2D eigenvalue weighted by molar-refractivity contribution is 0.189. The highest BCUT2D eigenvalue weighted by atomic mass is 35.5. The first-order valence-corrected chi connectivity index (χ1v) is 10.6. The van der Waals surface area contributed by atoms with Gasteiger partial charge in [0.2, 0.25) is 0 Å². The maximum atomic E-state index is 12.6. The zero-order valence-corrected chi connectivity index (χ0v) is 18.4. The molecule has 0 radical (unpaired) electrons. The van der Waals surface area contributed by atoms with Crippen molar-refractivity contribution in [3.63, 3.8) is 0 Å². The monoisotopic (exact) mass is 451 g/mol. The molecule has 4 aromatic rings. The van der Waals surface area contributed by atoms with E-state index in [1.54, 1.807) is 6.21 Å². The van der Waals surface area contributed by atoms with E-state index in [1.165, 1.54) is 5.69 Å². The third-order valence-electron chi connectivity index (χ3n) is 5.95. The molecule has 7 nitrogen and oxygen atoms in total. The van der Waals surface area contributed by atoms with Crippen molar-refractivity contribution in [1.29, 1.82) is 0 Å². The lowest BCUT2D eigenvalue weighted by Gasteiger charge is -2.35. The Morgan fingerprint density at radius 2 is 1.75 bits per heavy atom. The first-order valence-electron chi connectivity index (χ1n) is 10.6. The van der Waals surface area contributed by atoms with Crippen LogP contribution in [0.4, 0.5) is 11.4 Å². The number of aliphatic imine (C=N–C) groups is 1. The topological polar surface area (TPSA) is 87.7 Å². The fraction of sp³-hybridized carbons (Fsp3) is 0.250. The maximum Gasteiger partial charge on any atom is 0.257 e. The molecule has 5 rings (SSSR count). The normalized spacial score (nSPS) is 15.0. The standard InChI is InChI=1S/C24H25N5O2.ClH/c30-15-14-28-10-12-29(13-11-28)18-5-3-17(4-6-18)26-16-20-23-19-2-1-9-25-21(19)7-8-22(23)27-24(20)31;/h1-9,16,25,30H,10-15H2,(H,27,31);1H. The summed E-state index contributed by atoms with van der Waals surface area (Å²) in [6, 6.07) is 15.9. The molecule has 2 aromatic carbocycles. The van der Waals surface area contributed by atoms with E-state index >= 15 is 0 Å². The number of anilines is 1. The number of hydrogen-bond acceptors (Lipinski definition) is 5. The summed E-state index contributed by atoms with van der Waals surface area (Å²) < 4.78 is 0. The number of rotatable bonds is 5. The molecule has 3 N–H and O–H groups in total. The number of piperazine rings is 1. The molecular formula is C24H26ClN5O2. The molecule has 166 valence electrons. The van der Waals surface area contributed by atoms with Gasteiger partial charge in [-0.25, -0.2) is 0 Å². The second-order valence-electron chi connectivity index (χ2n) is 7.81. The van der Waals surface area contributed by atoms with Crippen molar-refractivity contribution in [3.8, 4) is 0 Å². The molecule has 0 bridgehead atoms. The summed E-state index contributed by atoms with van der Waals surface area (Å²) in [5.74, 6) is 0. The molecule has 3 heterocycles. The molecule has 2 aromatic heterocycles. The number of aromatic amines is 2. The predicted octanol–water partition coefficient (Wildman–Crippen LogP) is 3.30. The largest absolute Gasteiger partial charge is 0.395 e. The number of pyridine rings is 1. The average Bonchev–Trinajstić information content (AvgIpc) is 3.14. The number of aromatic nitrogens is 2. The second kappa shape index (κ2) is 9.56. The number of β-amino-alcohol motifs (C(OH)–C–C–N with tert-alkyl or cyclic N) is 1. The average molecular weight is 452 g/mol. The first kappa shape index (κ1) is 22.1. The number of nitrogens with zero attached hydrogens (tertiary/aromatic N) is 3. The Labute approximate surface area is 191 Å². The molecule has 1 aliphatic rings. The van der Waals surface area contributed by atoms with Crippen molar-refractivity contribution in [2.45, 2.75) is 0 Å². The zero-order chi connectivity index (χ0) is 21.2. The van der Waals surface area contributed by atoms with Crippen molar-refractivity contribution in [1.82, 2.24) is 14.9 Å². The van der Waals surface area contributed by atoms with Gasteiger partial charge in [-0.15, -0.1) is 12.4 Å². The van der Waals surface area contributed by atoms with Crippen LogP contribution in [0.15, 0.2) is 64.5 Å². The van der Waals surface area contributed by atoms with Gasteiger partial charge in [-0.2, -0.15) is 0 Å². The number of aliphatic hydroxyl groups is 1. The molecule has 0 amide bonds. The first-order chi connectivity index (χ1) is 15.2. The number of benzene rings is 2. The fourth-order valence-electron chi connectivity index (χ4n) is 4.28. The Morgan fingerprint density at radius 3 is 2.50 bits per heavy atom. The number of aliphatic hydroxyl groups excluding tert-OH is 1. The van der Waals surface area contributed by atoms with Gasteiger partial charge in [0.25, 0.3) is 5.56 Å². The van der Waals surface area contributed by atoms with Crippen LogP contribution in [0.5, 0.6) is 0 Å². The Balaban J connectivity index is 0.00000245. The van der Waals surface area contributed by atoms with Crippen molar-refractivity contribution in [3.05, 3.63) is 70.6 Å². The molecule has 0 unspecified atom stereocenters. The predicted molar refractivity (Wildman–Crippen MR) is 133 cm³/mol. The molecule has 1 saturated heterocycles. The SMILES string of the molecule is Cl.O=c1[nH]c2ccc3[nH]cccc3c2c1C=Nc1ccc(N2CCN(CCO)CC2)cc1. The van der Waals surface area contributed by atoms with Gasteiger partial charge >= 0.3 is 0 Å². The maximum absolute atomic E-state index is 12.6. The smallest absolute Gasteiger partial charge is 0.257 e. The molecule has 0 spiro atoms. The highest BCUT2D eigenvalue weighted by Crippen LogP contribution is 2.25. The minimum atomic E-state index is -0.132. The Kier molecular flexibility index (Phi) is 6.60. The van der Waals surface area contributed by atoms with E-state index in [0.717, 1.165) is 60.2 Å². The molecule has 1 fully saturated rings. The fourth-order valence-corrected chi connectivity index (χ4v) is 4.28. The summed E-state index contributed by atoms with van der Waals surface area (Å²) in [7, 11) is 0. The summed E-state index contributed by atoms with van der Waals surface area (Å²) in [4.78, 5) is 27.9. The number of nitrogens with one attached hydrogen (secondary N) is 2. The number of halogens is 1. The minimum Gasteiger partial charge on any atom is -0.395 e. The molecule has 0 aliphatic carbocycles. The van der Waals surface area contributed by atoms with Crippen LogP contribution in [0.2, 0.25) is 0 Å². The van der Waals surface area contributed by atoms with Gasteiger partial charge in [0.1, 0.15) is 0 Å². The van der Waals surface area contributed by atoms with E-state index in [9.17, 15) is 4.79 Å². The van der Waals surface area contributed by atoms with Crippen LogP contribution in [-0.4, -0.2) is 65.5 Å². The lowest BCUT2D eigenvalue weighted by atomic mass is 10.1. The van der Waals surface area contributed by atoms with Crippen LogP contribution in [-0.2, 0) is 0 Å². The van der Waals surface area contributed by atoms with E-state index in [1.807, 2.05) is 42.6 Å². The third kappa shape index (κ3) is 4.27. The van der Waals surface area contributed by atoms with Crippen LogP contribution < -0.4 is 10.5 Å². The summed E-state index contributed by atoms with van der Waals surface area (Å²) >= 11 is 0. The summed E-state index contributed by atoms with van der Waals surface area (Å²) in [5, 5.41) is 11.0. The summed E-state index contributed by atoms with van der Waals surface area (Å²) in [6.45, 7) is 4.76. The zero-order valence-electron chi connectivity index (χ0n) is 17.6. The highest BCUT2D eigenvalue weighted by Gasteiger charge is 2.16. The van der Waals surface area contributed by atoms with E-state index in [-0.39, 0.29) is 24.6 Å². The van der Waals surface area contributed by atoms with Crippen molar-refractivity contribution in [2.75, 3.05) is 44.2 Å². The lowest BCUT2D eigenvalue weighted by Crippen LogP contribution is -2.47. The van der Waals surface area contributed by atoms with E-state index in [2.05, 4.69) is 36.9 Å². The van der Waals surface area contributed by atoms with Gasteiger partial charge < -0.3 is 20.0 Å². The Bertz CT molecular complexity index is 1290. The van der Waals surface area contributed by atoms with Crippen LogP contribution in [0.1, 0.15) is 5.56 Å². The Hall–Kier alpha value is -3.13. The van der Waals surface area contributed by atoms with Crippen LogP contribution >= 0.6 is 12.4 Å². The molecule has 0 atom stereocenters. The highest BCUT2D eigenvalue weighted by molar-refractivity contribution is 6.13. The molecular weight excluding hydrogens is 426 g/mol. The number of H-pyrrole nitrogens is 2. The van der Waals surface area contributed by atoms with E-state index in [4.69, 9.17) is 5.11 Å². The van der Waals surface area contributed by atoms with Crippen LogP contribution in [0.3, 0.4) is 0 Å². The molecule has 32 heavy (non-hydrogen) atoms. The van der Waals surface area contributed by atoms with Gasteiger partial charge in [0, 0.05) is 72.6 Å². The van der Waals surface area contributed by atoms with Gasteiger partial charge in [0.15, 0.2) is 0 Å². The molecule has 0 saturated carbocycles. The van der Waals surface area contributed by atoms with Crippen LogP contribution in [0.25, 0.3) is 21.8 Å². The second-order valence-corrected chi connectivity index (χ2v) is 7.81. The van der Waals surface area contributed by atoms with E-state index < -0.39 is 0 Å². The van der Waals surface area contributed by atoms with Gasteiger partial charge in [0.05, 0.1) is 17.9 Å². The number of fused-ring (bicyclic) bond motifs is 3. The van der Waals surface area contributed by atoms with Gasteiger partial charge in [-0.3, -0.25) is 14.7 Å². The molecule has 8 heteroatoms. The van der Waals surface area contributed by atoms with Crippen molar-refractivity contribution in [2.24, 2.45) is 4.99 Å². The number of hydrogen-bond donors (Lipinski definition) is 3. The Morgan fingerprint density at radius 1 is 1.00 bits per heavy atom. The quantitative estimate of drug-likeness (QED) is 0.406. The van der Waals surface area contributed by atoms with Gasteiger partial charge in [-0.05, 0) is 42.5 Å². The van der Waals surface area contributed by atoms with Gasteiger partial charge in [-0.1, -0.05) is 6.07 Å². The minimum absolute atomic E-state index is 0. The van der Waals surface area contributed by atoms with Crippen molar-refractivity contribution >= 4 is 51.8 Å². The van der Waals surface area contributed by atoms with Crippen molar-refractivity contribution < 1.29 is 5.11 Å². The third-order valence-corrected chi connectivity index (χ3v) is 5.95. The van der Waals surface area contributed by atoms with E-state index in [0.29, 0.717) is 5.56 Å². The summed E-state index contributed by atoms with van der Waals surface area (Å²) in [5.41, 5.74) is 4.21.